The maximum absolute atomic E-state index is 13.2. The van der Waals surface area contributed by atoms with Gasteiger partial charge in [0.05, 0.1) is 6.61 Å². The van der Waals surface area contributed by atoms with Crippen molar-refractivity contribution in [3.8, 4) is 11.5 Å². The number of aliphatic hydroxyl groups is 1. The molecule has 0 saturated heterocycles. The Kier molecular flexibility index (Phi) is 3.25. The topological polar surface area (TPSA) is 55.5 Å². The number of hydrogen-bond donors (Lipinski definition) is 2. The molecule has 2 aromatic rings. The standard InChI is InChI=1S/C13H12FNO2/c14-11-5-2-6-12(13(11)15)17-10-4-1-3-9(7-10)8-16/h1-7,16H,8,15H2. The Morgan fingerprint density at radius 1 is 1.18 bits per heavy atom. The molecule has 2 aromatic carbocycles. The van der Waals surface area contributed by atoms with E-state index in [1.165, 1.54) is 12.1 Å². The number of anilines is 1. The second kappa shape index (κ2) is 4.84. The Hall–Kier alpha value is -2.07. The minimum atomic E-state index is -0.513. The smallest absolute Gasteiger partial charge is 0.153 e. The molecule has 0 spiro atoms. The number of ether oxygens (including phenoxy) is 1. The van der Waals surface area contributed by atoms with Gasteiger partial charge in [-0.2, -0.15) is 0 Å². The van der Waals surface area contributed by atoms with E-state index in [4.69, 9.17) is 15.6 Å². The van der Waals surface area contributed by atoms with Gasteiger partial charge in [0.15, 0.2) is 5.75 Å². The molecule has 17 heavy (non-hydrogen) atoms. The van der Waals surface area contributed by atoms with Gasteiger partial charge in [-0.1, -0.05) is 18.2 Å². The zero-order chi connectivity index (χ0) is 12.3. The van der Waals surface area contributed by atoms with Gasteiger partial charge >= 0.3 is 0 Å². The quantitative estimate of drug-likeness (QED) is 0.801. The summed E-state index contributed by atoms with van der Waals surface area (Å²) in [5.74, 6) is 0.259. The van der Waals surface area contributed by atoms with Crippen LogP contribution in [-0.2, 0) is 6.61 Å². The first-order valence-electron chi connectivity index (χ1n) is 5.12. The number of aliphatic hydroxyl groups excluding tert-OH is 1. The number of halogens is 1. The summed E-state index contributed by atoms with van der Waals surface area (Å²) in [6.45, 7) is -0.0736. The molecule has 0 aliphatic heterocycles. The van der Waals surface area contributed by atoms with E-state index < -0.39 is 5.82 Å². The third-order valence-corrected chi connectivity index (χ3v) is 2.32. The first-order valence-corrected chi connectivity index (χ1v) is 5.12. The number of benzene rings is 2. The zero-order valence-corrected chi connectivity index (χ0v) is 9.06. The third kappa shape index (κ3) is 2.54. The molecule has 0 fully saturated rings. The van der Waals surface area contributed by atoms with Gasteiger partial charge < -0.3 is 15.6 Å². The van der Waals surface area contributed by atoms with Crippen molar-refractivity contribution < 1.29 is 14.2 Å². The van der Waals surface area contributed by atoms with Gasteiger partial charge in [-0.15, -0.1) is 0 Å². The molecule has 0 aromatic heterocycles. The molecule has 4 heteroatoms. The van der Waals surface area contributed by atoms with Crippen LogP contribution in [0.3, 0.4) is 0 Å². The number of rotatable bonds is 3. The lowest BCUT2D eigenvalue weighted by molar-refractivity contribution is 0.281. The van der Waals surface area contributed by atoms with Crippen LogP contribution >= 0.6 is 0 Å². The fraction of sp³-hybridized carbons (Fsp3) is 0.0769. The second-order valence-corrected chi connectivity index (χ2v) is 3.56. The highest BCUT2D eigenvalue weighted by Crippen LogP contribution is 2.29. The van der Waals surface area contributed by atoms with Gasteiger partial charge in [0, 0.05) is 0 Å². The predicted octanol–water partition coefficient (Wildman–Crippen LogP) is 2.69. The fourth-order valence-corrected chi connectivity index (χ4v) is 1.44. The summed E-state index contributed by atoms with van der Waals surface area (Å²) in [5.41, 5.74) is 6.25. The van der Waals surface area contributed by atoms with Crippen LogP contribution in [0.2, 0.25) is 0 Å². The third-order valence-electron chi connectivity index (χ3n) is 2.32. The van der Waals surface area contributed by atoms with E-state index in [0.29, 0.717) is 5.75 Å². The van der Waals surface area contributed by atoms with Gasteiger partial charge in [-0.3, -0.25) is 0 Å². The van der Waals surface area contributed by atoms with Crippen molar-refractivity contribution in [3.05, 3.63) is 53.8 Å². The van der Waals surface area contributed by atoms with Crippen LogP contribution < -0.4 is 10.5 Å². The van der Waals surface area contributed by atoms with Crippen molar-refractivity contribution in [2.45, 2.75) is 6.61 Å². The number of hydrogen-bond acceptors (Lipinski definition) is 3. The van der Waals surface area contributed by atoms with E-state index in [1.54, 1.807) is 30.3 Å². The molecule has 88 valence electrons. The molecule has 0 radical (unpaired) electrons. The fourth-order valence-electron chi connectivity index (χ4n) is 1.44. The number of nitrogens with two attached hydrogens (primary N) is 1. The highest BCUT2D eigenvalue weighted by molar-refractivity contribution is 5.54. The first-order chi connectivity index (χ1) is 8.20. The van der Waals surface area contributed by atoms with Crippen LogP contribution in [0.15, 0.2) is 42.5 Å². The highest BCUT2D eigenvalue weighted by atomic mass is 19.1. The van der Waals surface area contributed by atoms with Crippen LogP contribution in [0.25, 0.3) is 0 Å². The lowest BCUT2D eigenvalue weighted by atomic mass is 10.2. The van der Waals surface area contributed by atoms with Crippen molar-refractivity contribution in [2.75, 3.05) is 5.73 Å². The molecule has 0 unspecified atom stereocenters. The van der Waals surface area contributed by atoms with Crippen LogP contribution in [0.4, 0.5) is 10.1 Å². The molecule has 0 bridgehead atoms. The van der Waals surface area contributed by atoms with E-state index in [9.17, 15) is 4.39 Å². The number of nitrogen functional groups attached to an aromatic ring is 1. The lowest BCUT2D eigenvalue weighted by Crippen LogP contribution is -1.95. The molecule has 0 heterocycles. The second-order valence-electron chi connectivity index (χ2n) is 3.56. The summed E-state index contributed by atoms with van der Waals surface area (Å²) in [7, 11) is 0. The van der Waals surface area contributed by atoms with Crippen LogP contribution in [-0.4, -0.2) is 5.11 Å². The van der Waals surface area contributed by atoms with Gasteiger partial charge in [-0.25, -0.2) is 4.39 Å². The van der Waals surface area contributed by atoms with E-state index in [0.717, 1.165) is 5.56 Å². The van der Waals surface area contributed by atoms with Gasteiger partial charge in [-0.05, 0) is 29.8 Å². The van der Waals surface area contributed by atoms with E-state index in [2.05, 4.69) is 0 Å². The van der Waals surface area contributed by atoms with Crippen molar-refractivity contribution in [1.82, 2.24) is 0 Å². The molecular formula is C13H12FNO2. The minimum Gasteiger partial charge on any atom is -0.455 e. The van der Waals surface area contributed by atoms with Crippen molar-refractivity contribution in [3.63, 3.8) is 0 Å². The average Bonchev–Trinajstić information content (AvgIpc) is 2.35. The molecule has 3 nitrogen and oxygen atoms in total. The molecular weight excluding hydrogens is 221 g/mol. The normalized spacial score (nSPS) is 10.2. The van der Waals surface area contributed by atoms with Crippen LogP contribution in [0.5, 0.6) is 11.5 Å². The van der Waals surface area contributed by atoms with E-state index in [-0.39, 0.29) is 18.0 Å². The first kappa shape index (κ1) is 11.4. The van der Waals surface area contributed by atoms with Crippen LogP contribution in [0.1, 0.15) is 5.56 Å². The summed E-state index contributed by atoms with van der Waals surface area (Å²) in [4.78, 5) is 0. The maximum atomic E-state index is 13.2. The molecule has 3 N–H and O–H groups in total. The van der Waals surface area contributed by atoms with Crippen LogP contribution in [0, 0.1) is 5.82 Å². The van der Waals surface area contributed by atoms with Crippen molar-refractivity contribution in [2.24, 2.45) is 0 Å². The summed E-state index contributed by atoms with van der Waals surface area (Å²) >= 11 is 0. The Bertz CT molecular complexity index is 529. The molecule has 2 rings (SSSR count). The predicted molar refractivity (Wildman–Crippen MR) is 63.3 cm³/mol. The van der Waals surface area contributed by atoms with Gasteiger partial charge in [0.25, 0.3) is 0 Å². The Balaban J connectivity index is 2.28. The van der Waals surface area contributed by atoms with E-state index in [1.807, 2.05) is 0 Å². The summed E-state index contributed by atoms with van der Waals surface area (Å²) in [5, 5.41) is 8.99. The number of para-hydroxylation sites is 1. The minimum absolute atomic E-state index is 0.0260. The Labute approximate surface area is 98.3 Å². The molecule has 0 aliphatic rings. The summed E-state index contributed by atoms with van der Waals surface area (Å²) < 4.78 is 18.6. The zero-order valence-electron chi connectivity index (χ0n) is 9.06. The molecule has 0 atom stereocenters. The van der Waals surface area contributed by atoms with Crippen molar-refractivity contribution in [1.29, 1.82) is 0 Å². The van der Waals surface area contributed by atoms with Crippen molar-refractivity contribution >= 4 is 5.69 Å². The summed E-state index contributed by atoms with van der Waals surface area (Å²) in [6, 6.07) is 11.3. The highest BCUT2D eigenvalue weighted by Gasteiger charge is 2.06. The Morgan fingerprint density at radius 3 is 2.71 bits per heavy atom. The Morgan fingerprint density at radius 2 is 1.94 bits per heavy atom. The largest absolute Gasteiger partial charge is 0.455 e. The SMILES string of the molecule is Nc1c(F)cccc1Oc1cccc(CO)c1. The van der Waals surface area contributed by atoms with E-state index >= 15 is 0 Å². The monoisotopic (exact) mass is 233 g/mol. The average molecular weight is 233 g/mol. The molecule has 0 saturated carbocycles. The van der Waals surface area contributed by atoms with Gasteiger partial charge in [0.2, 0.25) is 0 Å². The maximum Gasteiger partial charge on any atom is 0.153 e. The lowest BCUT2D eigenvalue weighted by Gasteiger charge is -2.09. The molecule has 0 aliphatic carbocycles. The summed E-state index contributed by atoms with van der Waals surface area (Å²) in [6.07, 6.45) is 0. The molecule has 0 amide bonds. The van der Waals surface area contributed by atoms with Gasteiger partial charge in [0.1, 0.15) is 17.3 Å².